The third kappa shape index (κ3) is 3.10. The van der Waals surface area contributed by atoms with E-state index in [-0.39, 0.29) is 10.8 Å². The van der Waals surface area contributed by atoms with Gasteiger partial charge in [-0.05, 0) is 12.1 Å². The summed E-state index contributed by atoms with van der Waals surface area (Å²) in [6, 6.07) is 4.51. The Labute approximate surface area is 137 Å². The molecule has 2 heterocycles. The van der Waals surface area contributed by atoms with Gasteiger partial charge in [-0.3, -0.25) is 4.79 Å². The van der Waals surface area contributed by atoms with Crippen molar-refractivity contribution in [3.63, 3.8) is 0 Å². The summed E-state index contributed by atoms with van der Waals surface area (Å²) < 4.78 is 18.6. The number of nitrogens with zero attached hydrogens (tertiary/aromatic N) is 3. The van der Waals surface area contributed by atoms with Crippen molar-refractivity contribution in [2.24, 2.45) is 0 Å². The van der Waals surface area contributed by atoms with Crippen LogP contribution in [0.5, 0.6) is 5.75 Å². The number of hydrogen-bond donors (Lipinski definition) is 1. The van der Waals surface area contributed by atoms with Crippen molar-refractivity contribution in [2.75, 3.05) is 43.1 Å². The molecule has 1 fully saturated rings. The molecule has 1 aromatic carbocycles. The topological polar surface area (TPSA) is 61.5 Å². The summed E-state index contributed by atoms with van der Waals surface area (Å²) in [6.07, 6.45) is 1.55. The highest BCUT2D eigenvalue weighted by Gasteiger charge is 2.22. The normalized spacial score (nSPS) is 14.9. The monoisotopic (exact) mass is 338 g/mol. The zero-order chi connectivity index (χ0) is 16.4. The van der Waals surface area contributed by atoms with E-state index in [1.807, 2.05) is 4.90 Å². The zero-order valence-corrected chi connectivity index (χ0v) is 13.3. The van der Waals surface area contributed by atoms with E-state index >= 15 is 0 Å². The Morgan fingerprint density at radius 3 is 2.52 bits per heavy atom. The predicted octanol–water partition coefficient (Wildman–Crippen LogP) is 1.90. The lowest BCUT2D eigenvalue weighted by Gasteiger charge is -2.37. The Balaban J connectivity index is 1.76. The second-order valence-electron chi connectivity index (χ2n) is 5.19. The van der Waals surface area contributed by atoms with Crippen LogP contribution in [0.4, 0.5) is 15.8 Å². The van der Waals surface area contributed by atoms with E-state index in [2.05, 4.69) is 15.1 Å². The number of methoxy groups -OCH3 is 1. The number of aromatic nitrogens is 2. The van der Waals surface area contributed by atoms with E-state index in [9.17, 15) is 9.18 Å². The van der Waals surface area contributed by atoms with Gasteiger partial charge in [0.1, 0.15) is 16.6 Å². The molecule has 1 aliphatic rings. The van der Waals surface area contributed by atoms with Gasteiger partial charge in [0.05, 0.1) is 24.7 Å². The molecular weight excluding hydrogens is 323 g/mol. The van der Waals surface area contributed by atoms with Crippen molar-refractivity contribution in [2.45, 2.75) is 0 Å². The lowest BCUT2D eigenvalue weighted by atomic mass is 10.2. The van der Waals surface area contributed by atoms with E-state index < -0.39 is 5.56 Å². The van der Waals surface area contributed by atoms with Crippen LogP contribution in [0.15, 0.2) is 29.2 Å². The number of hydrogen-bond acceptors (Lipinski definition) is 5. The van der Waals surface area contributed by atoms with Crippen molar-refractivity contribution in [1.82, 2.24) is 10.2 Å². The Kier molecular flexibility index (Phi) is 4.38. The summed E-state index contributed by atoms with van der Waals surface area (Å²) in [5.74, 6) is 0.180. The van der Waals surface area contributed by atoms with Crippen molar-refractivity contribution in [1.29, 1.82) is 0 Å². The Bertz CT molecular complexity index is 759. The number of anilines is 2. The fraction of sp³-hybridized carbons (Fsp3) is 0.333. The molecule has 1 saturated heterocycles. The molecule has 3 rings (SSSR count). The minimum absolute atomic E-state index is 0.146. The third-order valence-electron chi connectivity index (χ3n) is 3.88. The molecule has 0 bridgehead atoms. The summed E-state index contributed by atoms with van der Waals surface area (Å²) in [6.45, 7) is 2.74. The van der Waals surface area contributed by atoms with Crippen LogP contribution in [0.25, 0.3) is 0 Å². The molecule has 122 valence electrons. The number of H-pyrrole nitrogens is 1. The summed E-state index contributed by atoms with van der Waals surface area (Å²) in [4.78, 5) is 15.7. The maximum absolute atomic E-state index is 13.3. The molecular formula is C15H16ClFN4O2. The maximum Gasteiger partial charge on any atom is 0.285 e. The SMILES string of the molecule is COc1cc(F)ccc1N1CCN(c2cn[nH]c(=O)c2Cl)CC1. The van der Waals surface area contributed by atoms with E-state index in [4.69, 9.17) is 16.3 Å². The molecule has 0 radical (unpaired) electrons. The largest absolute Gasteiger partial charge is 0.494 e. The maximum atomic E-state index is 13.3. The summed E-state index contributed by atoms with van der Waals surface area (Å²) in [5, 5.41) is 6.25. The van der Waals surface area contributed by atoms with Gasteiger partial charge < -0.3 is 14.5 Å². The van der Waals surface area contributed by atoms with E-state index in [0.717, 1.165) is 5.69 Å². The molecule has 2 aromatic rings. The van der Waals surface area contributed by atoms with Crippen molar-refractivity contribution >= 4 is 23.0 Å². The first-order valence-electron chi connectivity index (χ1n) is 7.17. The van der Waals surface area contributed by atoms with Crippen molar-refractivity contribution in [3.8, 4) is 5.75 Å². The average molecular weight is 339 g/mol. The standard InChI is InChI=1S/C15H16ClFN4O2/c1-23-13-8-10(17)2-3-11(13)20-4-6-21(7-5-20)12-9-18-19-15(22)14(12)16/h2-3,8-9H,4-7H2,1H3,(H,19,22). The van der Waals surface area contributed by atoms with Gasteiger partial charge in [0.2, 0.25) is 0 Å². The molecule has 8 heteroatoms. The van der Waals surface area contributed by atoms with E-state index in [1.54, 1.807) is 12.3 Å². The Morgan fingerprint density at radius 1 is 1.22 bits per heavy atom. The summed E-state index contributed by atoms with van der Waals surface area (Å²) >= 11 is 6.04. The highest BCUT2D eigenvalue weighted by atomic mass is 35.5. The lowest BCUT2D eigenvalue weighted by Crippen LogP contribution is -2.47. The second kappa shape index (κ2) is 6.45. The number of ether oxygens (including phenoxy) is 1. The second-order valence-corrected chi connectivity index (χ2v) is 5.57. The lowest BCUT2D eigenvalue weighted by molar-refractivity contribution is 0.410. The third-order valence-corrected chi connectivity index (χ3v) is 4.25. The van der Waals surface area contributed by atoms with Crippen LogP contribution in [-0.2, 0) is 0 Å². The molecule has 23 heavy (non-hydrogen) atoms. The van der Waals surface area contributed by atoms with Crippen LogP contribution in [-0.4, -0.2) is 43.5 Å². The van der Waals surface area contributed by atoms with Gasteiger partial charge in [0.25, 0.3) is 5.56 Å². The molecule has 0 spiro atoms. The van der Waals surface area contributed by atoms with Crippen LogP contribution in [0.3, 0.4) is 0 Å². The molecule has 1 N–H and O–H groups in total. The van der Waals surface area contributed by atoms with E-state index in [1.165, 1.54) is 19.2 Å². The number of halogens is 2. The van der Waals surface area contributed by atoms with Crippen LogP contribution >= 0.6 is 11.6 Å². The summed E-state index contributed by atoms with van der Waals surface area (Å²) in [7, 11) is 1.52. The fourth-order valence-corrected chi connectivity index (χ4v) is 2.91. The predicted molar refractivity (Wildman–Crippen MR) is 87.2 cm³/mol. The highest BCUT2D eigenvalue weighted by Crippen LogP contribution is 2.31. The smallest absolute Gasteiger partial charge is 0.285 e. The number of piperazine rings is 1. The van der Waals surface area contributed by atoms with Gasteiger partial charge >= 0.3 is 0 Å². The minimum atomic E-state index is -0.396. The van der Waals surface area contributed by atoms with Crippen LogP contribution in [0.1, 0.15) is 0 Å². The average Bonchev–Trinajstić information content (AvgIpc) is 2.57. The van der Waals surface area contributed by atoms with Gasteiger partial charge in [0, 0.05) is 32.2 Å². The fourth-order valence-electron chi connectivity index (χ4n) is 2.70. The molecule has 1 aromatic heterocycles. The van der Waals surface area contributed by atoms with E-state index in [0.29, 0.717) is 37.6 Å². The molecule has 0 atom stereocenters. The number of nitrogens with one attached hydrogen (secondary N) is 1. The first-order chi connectivity index (χ1) is 11.1. The first-order valence-corrected chi connectivity index (χ1v) is 7.54. The molecule has 0 saturated carbocycles. The molecule has 0 unspecified atom stereocenters. The molecule has 6 nitrogen and oxygen atoms in total. The number of rotatable bonds is 3. The molecule has 0 amide bonds. The van der Waals surface area contributed by atoms with Gasteiger partial charge in [-0.15, -0.1) is 0 Å². The number of benzene rings is 1. The Hall–Kier alpha value is -2.28. The van der Waals surface area contributed by atoms with Gasteiger partial charge in [-0.25, -0.2) is 9.49 Å². The van der Waals surface area contributed by atoms with Gasteiger partial charge in [-0.1, -0.05) is 11.6 Å². The minimum Gasteiger partial charge on any atom is -0.494 e. The molecule has 1 aliphatic heterocycles. The van der Waals surface area contributed by atoms with Gasteiger partial charge in [-0.2, -0.15) is 5.10 Å². The summed E-state index contributed by atoms with van der Waals surface area (Å²) in [5.41, 5.74) is 1.08. The highest BCUT2D eigenvalue weighted by molar-refractivity contribution is 6.33. The number of aromatic amines is 1. The van der Waals surface area contributed by atoms with Crippen LogP contribution in [0.2, 0.25) is 5.02 Å². The van der Waals surface area contributed by atoms with Crippen molar-refractivity contribution in [3.05, 3.63) is 45.6 Å². The quantitative estimate of drug-likeness (QED) is 0.926. The van der Waals surface area contributed by atoms with Crippen molar-refractivity contribution < 1.29 is 9.13 Å². The first kappa shape index (κ1) is 15.6. The Morgan fingerprint density at radius 2 is 1.87 bits per heavy atom. The van der Waals surface area contributed by atoms with Gasteiger partial charge in [0.15, 0.2) is 0 Å². The zero-order valence-electron chi connectivity index (χ0n) is 12.6. The molecule has 0 aliphatic carbocycles. The van der Waals surface area contributed by atoms with Crippen LogP contribution in [0, 0.1) is 5.82 Å². The van der Waals surface area contributed by atoms with Crippen LogP contribution < -0.4 is 20.1 Å².